The number of sulfonamides is 1. The Morgan fingerprint density at radius 3 is 2.82 bits per heavy atom. The Hall–Kier alpha value is -0.130. The minimum Gasteiger partial charge on any atom is -0.375 e. The fraction of sp³-hybridized carbons (Fsp3) is 1.00. The van der Waals surface area contributed by atoms with E-state index in [4.69, 9.17) is 4.74 Å². The van der Waals surface area contributed by atoms with E-state index < -0.39 is 10.0 Å². The zero-order chi connectivity index (χ0) is 12.3. The van der Waals surface area contributed by atoms with Gasteiger partial charge in [-0.15, -0.1) is 0 Å². The molecule has 0 radical (unpaired) electrons. The third-order valence-corrected chi connectivity index (χ3v) is 5.77. The summed E-state index contributed by atoms with van der Waals surface area (Å²) in [4.78, 5) is 0. The van der Waals surface area contributed by atoms with Crippen LogP contribution in [0.3, 0.4) is 0 Å². The normalized spacial score (nSPS) is 31.1. The number of rotatable bonds is 4. The maximum absolute atomic E-state index is 12.3. The van der Waals surface area contributed by atoms with Gasteiger partial charge in [0, 0.05) is 6.54 Å². The van der Waals surface area contributed by atoms with Crippen molar-refractivity contribution in [3.8, 4) is 0 Å². The van der Waals surface area contributed by atoms with Crippen LogP contribution in [0.1, 0.15) is 45.4 Å². The van der Waals surface area contributed by atoms with Crippen molar-refractivity contribution in [2.24, 2.45) is 0 Å². The summed E-state index contributed by atoms with van der Waals surface area (Å²) in [5, 5.41) is 0. The Morgan fingerprint density at radius 1 is 1.29 bits per heavy atom. The molecule has 1 saturated carbocycles. The topological polar surface area (TPSA) is 46.6 Å². The molecule has 0 aromatic rings. The summed E-state index contributed by atoms with van der Waals surface area (Å²) in [5.74, 6) is 0.298. The second kappa shape index (κ2) is 5.67. The van der Waals surface area contributed by atoms with Crippen molar-refractivity contribution in [2.75, 3.05) is 18.9 Å². The standard InChI is InChI=1S/C12H23NO3S/c1-2-3-10-17(14,15)13-8-9-16-12-7-5-4-6-11(12)13/h11-12H,2-10H2,1H3/t11-,12-/m0/s1. The van der Waals surface area contributed by atoms with E-state index in [0.717, 1.165) is 32.1 Å². The van der Waals surface area contributed by atoms with E-state index in [1.807, 2.05) is 6.92 Å². The molecule has 0 aromatic heterocycles. The van der Waals surface area contributed by atoms with E-state index in [2.05, 4.69) is 0 Å². The van der Waals surface area contributed by atoms with Crippen LogP contribution in [0.4, 0.5) is 0 Å². The van der Waals surface area contributed by atoms with Crippen molar-refractivity contribution in [3.05, 3.63) is 0 Å². The number of unbranched alkanes of at least 4 members (excludes halogenated alkanes) is 1. The van der Waals surface area contributed by atoms with Gasteiger partial charge in [-0.05, 0) is 19.3 Å². The molecule has 0 aromatic carbocycles. The number of nitrogens with zero attached hydrogens (tertiary/aromatic N) is 1. The summed E-state index contributed by atoms with van der Waals surface area (Å²) in [6.07, 6.45) is 6.12. The van der Waals surface area contributed by atoms with Gasteiger partial charge >= 0.3 is 0 Å². The lowest BCUT2D eigenvalue weighted by Gasteiger charge is -2.42. The molecule has 0 unspecified atom stereocenters. The van der Waals surface area contributed by atoms with Crippen LogP contribution in [-0.4, -0.2) is 43.8 Å². The van der Waals surface area contributed by atoms with Crippen molar-refractivity contribution in [3.63, 3.8) is 0 Å². The first-order chi connectivity index (χ1) is 8.15. The van der Waals surface area contributed by atoms with Gasteiger partial charge in [0.25, 0.3) is 0 Å². The van der Waals surface area contributed by atoms with Crippen molar-refractivity contribution < 1.29 is 13.2 Å². The molecule has 1 saturated heterocycles. The van der Waals surface area contributed by atoms with Crippen molar-refractivity contribution in [2.45, 2.75) is 57.6 Å². The van der Waals surface area contributed by atoms with Crippen LogP contribution >= 0.6 is 0 Å². The number of hydrogen-bond acceptors (Lipinski definition) is 3. The van der Waals surface area contributed by atoms with Gasteiger partial charge in [-0.2, -0.15) is 4.31 Å². The lowest BCUT2D eigenvalue weighted by Crippen LogP contribution is -2.55. The van der Waals surface area contributed by atoms with Gasteiger partial charge < -0.3 is 4.74 Å². The average molecular weight is 261 g/mol. The van der Waals surface area contributed by atoms with Crippen LogP contribution < -0.4 is 0 Å². The van der Waals surface area contributed by atoms with Crippen LogP contribution in [0.25, 0.3) is 0 Å². The molecule has 0 N–H and O–H groups in total. The summed E-state index contributed by atoms with van der Waals surface area (Å²) < 4.78 is 32.0. The van der Waals surface area contributed by atoms with Crippen LogP contribution in [0.15, 0.2) is 0 Å². The molecule has 0 amide bonds. The SMILES string of the molecule is CCCCS(=O)(=O)N1CCO[C@H]2CCCC[C@@H]21. The Balaban J connectivity index is 2.07. The molecule has 2 rings (SSSR count). The summed E-state index contributed by atoms with van der Waals surface area (Å²) in [5.41, 5.74) is 0. The molecule has 1 aliphatic carbocycles. The monoisotopic (exact) mass is 261 g/mol. The summed E-state index contributed by atoms with van der Waals surface area (Å²) in [6, 6.07) is 0.111. The highest BCUT2D eigenvalue weighted by Gasteiger charge is 2.39. The molecule has 0 spiro atoms. The number of morpholine rings is 1. The first-order valence-corrected chi connectivity index (χ1v) is 8.37. The Labute approximate surface area is 104 Å². The third-order valence-electron chi connectivity index (χ3n) is 3.79. The van der Waals surface area contributed by atoms with Crippen LogP contribution in [0, 0.1) is 0 Å². The molecule has 2 atom stereocenters. The molecule has 4 nitrogen and oxygen atoms in total. The molecule has 1 heterocycles. The Morgan fingerprint density at radius 2 is 2.06 bits per heavy atom. The fourth-order valence-electron chi connectivity index (χ4n) is 2.85. The third kappa shape index (κ3) is 3.01. The van der Waals surface area contributed by atoms with Crippen LogP contribution in [-0.2, 0) is 14.8 Å². The fourth-order valence-corrected chi connectivity index (χ4v) is 4.74. The van der Waals surface area contributed by atoms with Gasteiger partial charge in [0.2, 0.25) is 10.0 Å². The van der Waals surface area contributed by atoms with E-state index in [1.165, 1.54) is 6.42 Å². The molecule has 5 heteroatoms. The van der Waals surface area contributed by atoms with Crippen molar-refractivity contribution in [1.82, 2.24) is 4.31 Å². The zero-order valence-corrected chi connectivity index (χ0v) is 11.4. The van der Waals surface area contributed by atoms with Gasteiger partial charge in [0.15, 0.2) is 0 Å². The average Bonchev–Trinajstić information content (AvgIpc) is 2.36. The maximum Gasteiger partial charge on any atom is 0.214 e. The molecule has 0 bridgehead atoms. The largest absolute Gasteiger partial charge is 0.375 e. The summed E-state index contributed by atoms with van der Waals surface area (Å²) in [7, 11) is -3.06. The number of ether oxygens (including phenoxy) is 1. The second-order valence-electron chi connectivity index (χ2n) is 5.04. The van der Waals surface area contributed by atoms with Gasteiger partial charge in [-0.25, -0.2) is 8.42 Å². The van der Waals surface area contributed by atoms with Crippen LogP contribution in [0.2, 0.25) is 0 Å². The van der Waals surface area contributed by atoms with E-state index in [-0.39, 0.29) is 12.1 Å². The smallest absolute Gasteiger partial charge is 0.214 e. The van der Waals surface area contributed by atoms with Gasteiger partial charge in [-0.1, -0.05) is 26.2 Å². The molecule has 1 aliphatic heterocycles. The molecular weight excluding hydrogens is 238 g/mol. The Bertz CT molecular complexity index is 340. The van der Waals surface area contributed by atoms with Gasteiger partial charge in [0.1, 0.15) is 0 Å². The Kier molecular flexibility index (Phi) is 4.44. The highest BCUT2D eigenvalue weighted by molar-refractivity contribution is 7.89. The molecule has 100 valence electrons. The van der Waals surface area contributed by atoms with Gasteiger partial charge in [-0.3, -0.25) is 0 Å². The number of hydrogen-bond donors (Lipinski definition) is 0. The summed E-state index contributed by atoms with van der Waals surface area (Å²) >= 11 is 0. The minimum atomic E-state index is -3.06. The molecule has 17 heavy (non-hydrogen) atoms. The first-order valence-electron chi connectivity index (χ1n) is 6.76. The lowest BCUT2D eigenvalue weighted by molar-refractivity contribution is -0.0586. The maximum atomic E-state index is 12.3. The first kappa shape index (κ1) is 13.3. The lowest BCUT2D eigenvalue weighted by atomic mass is 9.91. The molecule has 2 aliphatic rings. The highest BCUT2D eigenvalue weighted by atomic mass is 32.2. The van der Waals surface area contributed by atoms with Crippen LogP contribution in [0.5, 0.6) is 0 Å². The minimum absolute atomic E-state index is 0.111. The predicted molar refractivity (Wildman–Crippen MR) is 67.4 cm³/mol. The van der Waals surface area contributed by atoms with E-state index >= 15 is 0 Å². The van der Waals surface area contributed by atoms with Crippen molar-refractivity contribution >= 4 is 10.0 Å². The van der Waals surface area contributed by atoms with Crippen molar-refractivity contribution in [1.29, 1.82) is 0 Å². The highest BCUT2D eigenvalue weighted by Crippen LogP contribution is 2.30. The van der Waals surface area contributed by atoms with E-state index in [9.17, 15) is 8.42 Å². The van der Waals surface area contributed by atoms with E-state index in [0.29, 0.717) is 18.9 Å². The second-order valence-corrected chi connectivity index (χ2v) is 7.08. The molecular formula is C12H23NO3S. The molecule has 2 fully saturated rings. The quantitative estimate of drug-likeness (QED) is 0.774. The predicted octanol–water partition coefficient (Wildman–Crippen LogP) is 1.76. The summed E-state index contributed by atoms with van der Waals surface area (Å²) in [6.45, 7) is 3.14. The van der Waals surface area contributed by atoms with Gasteiger partial charge in [0.05, 0.1) is 24.5 Å². The zero-order valence-electron chi connectivity index (χ0n) is 10.6. The number of fused-ring (bicyclic) bond motifs is 1. The van der Waals surface area contributed by atoms with E-state index in [1.54, 1.807) is 4.31 Å².